The monoisotopic (exact) mass is 349 g/mol. The van der Waals surface area contributed by atoms with Gasteiger partial charge in [-0.1, -0.05) is 0 Å². The van der Waals surface area contributed by atoms with Crippen LogP contribution in [0.15, 0.2) is 36.5 Å². The number of anilines is 3. The second kappa shape index (κ2) is 7.98. The standard InChI is InChI=1S/C18H19N7O/c1-12-4-5-14(11-21-12)26-9-8-20-18-15(19-3)6-7-16(23-18)22-17-10-13(2)24-25-17/h4-7,10-11H,8-9H2,1-2H3,(H3,20,22,23,24,25). The molecule has 26 heavy (non-hydrogen) atoms. The first kappa shape index (κ1) is 17.2. The van der Waals surface area contributed by atoms with E-state index >= 15 is 0 Å². The Morgan fingerprint density at radius 1 is 1.19 bits per heavy atom. The molecule has 0 aliphatic heterocycles. The molecule has 0 aliphatic carbocycles. The maximum Gasteiger partial charge on any atom is 0.228 e. The van der Waals surface area contributed by atoms with Crippen LogP contribution >= 0.6 is 0 Å². The lowest BCUT2D eigenvalue weighted by molar-refractivity contribution is 0.331. The molecule has 0 saturated heterocycles. The normalized spacial score (nSPS) is 10.2. The molecule has 3 aromatic rings. The summed E-state index contributed by atoms with van der Waals surface area (Å²) in [5, 5.41) is 13.2. The number of pyridine rings is 2. The number of ether oxygens (including phenoxy) is 1. The molecule has 3 aromatic heterocycles. The van der Waals surface area contributed by atoms with Crippen LogP contribution in [0.2, 0.25) is 0 Å². The lowest BCUT2D eigenvalue weighted by atomic mass is 10.3. The van der Waals surface area contributed by atoms with E-state index in [0.717, 1.165) is 11.4 Å². The third-order valence-corrected chi connectivity index (χ3v) is 3.50. The molecule has 8 heteroatoms. The third-order valence-electron chi connectivity index (χ3n) is 3.50. The number of H-pyrrole nitrogens is 1. The van der Waals surface area contributed by atoms with Gasteiger partial charge in [-0.2, -0.15) is 5.10 Å². The smallest absolute Gasteiger partial charge is 0.228 e. The predicted molar refractivity (Wildman–Crippen MR) is 100 cm³/mol. The molecule has 0 atom stereocenters. The Bertz CT molecular complexity index is 912. The number of nitrogens with zero attached hydrogens (tertiary/aromatic N) is 4. The average Bonchev–Trinajstić information content (AvgIpc) is 3.05. The van der Waals surface area contributed by atoms with Crippen LogP contribution in [0.5, 0.6) is 5.75 Å². The molecule has 3 rings (SSSR count). The SMILES string of the molecule is [C-]#[N+]c1ccc(Nc2cc(C)[nH]n2)nc1NCCOc1ccc(C)nc1. The van der Waals surface area contributed by atoms with Crippen molar-refractivity contribution in [1.29, 1.82) is 0 Å². The van der Waals surface area contributed by atoms with Crippen LogP contribution < -0.4 is 15.4 Å². The van der Waals surface area contributed by atoms with Gasteiger partial charge >= 0.3 is 0 Å². The fourth-order valence-corrected chi connectivity index (χ4v) is 2.23. The maximum atomic E-state index is 7.28. The van der Waals surface area contributed by atoms with E-state index in [4.69, 9.17) is 11.3 Å². The number of aromatic nitrogens is 4. The first-order valence-electron chi connectivity index (χ1n) is 8.11. The van der Waals surface area contributed by atoms with E-state index in [0.29, 0.717) is 42.0 Å². The number of rotatable bonds is 7. The lowest BCUT2D eigenvalue weighted by Gasteiger charge is -2.11. The van der Waals surface area contributed by atoms with Crippen molar-refractivity contribution in [1.82, 2.24) is 20.2 Å². The molecule has 8 nitrogen and oxygen atoms in total. The number of aryl methyl sites for hydroxylation is 2. The summed E-state index contributed by atoms with van der Waals surface area (Å²) in [6.45, 7) is 12.1. The van der Waals surface area contributed by atoms with Crippen molar-refractivity contribution in [3.8, 4) is 5.75 Å². The molecule has 0 unspecified atom stereocenters. The molecule has 0 amide bonds. The van der Waals surface area contributed by atoms with E-state index in [9.17, 15) is 0 Å². The van der Waals surface area contributed by atoms with E-state index in [1.54, 1.807) is 18.3 Å². The average molecular weight is 349 g/mol. The van der Waals surface area contributed by atoms with Crippen LogP contribution in [-0.4, -0.2) is 33.3 Å². The van der Waals surface area contributed by atoms with Crippen LogP contribution in [-0.2, 0) is 0 Å². The van der Waals surface area contributed by atoms with E-state index in [1.807, 2.05) is 32.0 Å². The van der Waals surface area contributed by atoms with Crippen molar-refractivity contribution < 1.29 is 4.74 Å². The highest BCUT2D eigenvalue weighted by Gasteiger charge is 2.07. The highest BCUT2D eigenvalue weighted by Crippen LogP contribution is 2.25. The number of hydrogen-bond donors (Lipinski definition) is 3. The Kier molecular flexibility index (Phi) is 5.29. The number of hydrogen-bond acceptors (Lipinski definition) is 6. The topological polar surface area (TPSA) is 92.1 Å². The van der Waals surface area contributed by atoms with Gasteiger partial charge in [-0.05, 0) is 38.1 Å². The van der Waals surface area contributed by atoms with E-state index < -0.39 is 0 Å². The molecule has 132 valence electrons. The van der Waals surface area contributed by atoms with E-state index in [2.05, 4.69) is 35.6 Å². The minimum Gasteiger partial charge on any atom is -0.490 e. The highest BCUT2D eigenvalue weighted by molar-refractivity contribution is 5.69. The van der Waals surface area contributed by atoms with Crippen molar-refractivity contribution in [2.24, 2.45) is 0 Å². The van der Waals surface area contributed by atoms with Gasteiger partial charge in [-0.3, -0.25) is 10.1 Å². The third kappa shape index (κ3) is 4.48. The predicted octanol–water partition coefficient (Wildman–Crippen LogP) is 3.60. The van der Waals surface area contributed by atoms with Crippen LogP contribution in [0.1, 0.15) is 11.4 Å². The van der Waals surface area contributed by atoms with Gasteiger partial charge in [0, 0.05) is 24.0 Å². The Balaban J connectivity index is 1.59. The summed E-state index contributed by atoms with van der Waals surface area (Å²) < 4.78 is 5.62. The zero-order valence-corrected chi connectivity index (χ0v) is 14.6. The summed E-state index contributed by atoms with van der Waals surface area (Å²) >= 11 is 0. The molecule has 0 saturated carbocycles. The number of nitrogens with one attached hydrogen (secondary N) is 3. The van der Waals surface area contributed by atoms with Crippen LogP contribution in [0.25, 0.3) is 4.85 Å². The molecule has 0 aliphatic rings. The van der Waals surface area contributed by atoms with Gasteiger partial charge < -0.3 is 15.4 Å². The molecule has 0 spiro atoms. The zero-order chi connectivity index (χ0) is 18.4. The van der Waals surface area contributed by atoms with Gasteiger partial charge in [0.15, 0.2) is 5.82 Å². The van der Waals surface area contributed by atoms with Crippen molar-refractivity contribution in [2.75, 3.05) is 23.8 Å². The summed E-state index contributed by atoms with van der Waals surface area (Å²) in [5.74, 6) is 2.49. The summed E-state index contributed by atoms with van der Waals surface area (Å²) in [7, 11) is 0. The second-order valence-electron chi connectivity index (χ2n) is 5.65. The summed E-state index contributed by atoms with van der Waals surface area (Å²) in [6, 6.07) is 9.11. The van der Waals surface area contributed by atoms with Crippen molar-refractivity contribution >= 4 is 23.1 Å². The number of aromatic amines is 1. The van der Waals surface area contributed by atoms with Crippen LogP contribution in [0.3, 0.4) is 0 Å². The summed E-state index contributed by atoms with van der Waals surface area (Å²) in [6.07, 6.45) is 1.69. The quantitative estimate of drug-likeness (QED) is 0.446. The zero-order valence-electron chi connectivity index (χ0n) is 14.6. The Morgan fingerprint density at radius 3 is 2.77 bits per heavy atom. The highest BCUT2D eigenvalue weighted by atomic mass is 16.5. The Morgan fingerprint density at radius 2 is 2.08 bits per heavy atom. The van der Waals surface area contributed by atoms with Crippen LogP contribution in [0.4, 0.5) is 23.1 Å². The van der Waals surface area contributed by atoms with Gasteiger partial charge in [0.1, 0.15) is 24.0 Å². The second-order valence-corrected chi connectivity index (χ2v) is 5.65. The van der Waals surface area contributed by atoms with Gasteiger partial charge in [0.05, 0.1) is 12.8 Å². The summed E-state index contributed by atoms with van der Waals surface area (Å²) in [5.41, 5.74) is 2.34. The van der Waals surface area contributed by atoms with Crippen molar-refractivity contribution in [2.45, 2.75) is 13.8 Å². The molecular formula is C18H19N7O. The summed E-state index contributed by atoms with van der Waals surface area (Å²) in [4.78, 5) is 12.1. The maximum absolute atomic E-state index is 7.28. The van der Waals surface area contributed by atoms with Crippen molar-refractivity contribution in [3.63, 3.8) is 0 Å². The Labute approximate surface area is 151 Å². The van der Waals surface area contributed by atoms with E-state index in [1.165, 1.54) is 0 Å². The molecular weight excluding hydrogens is 330 g/mol. The van der Waals surface area contributed by atoms with E-state index in [-0.39, 0.29) is 0 Å². The Hall–Kier alpha value is -3.60. The van der Waals surface area contributed by atoms with Gasteiger partial charge in [-0.25, -0.2) is 9.83 Å². The fraction of sp³-hybridized carbons (Fsp3) is 0.222. The molecule has 0 bridgehead atoms. The lowest BCUT2D eigenvalue weighted by Crippen LogP contribution is -2.13. The van der Waals surface area contributed by atoms with Crippen LogP contribution in [0, 0.1) is 20.4 Å². The minimum absolute atomic E-state index is 0.431. The molecule has 0 aromatic carbocycles. The van der Waals surface area contributed by atoms with Crippen molar-refractivity contribution in [3.05, 3.63) is 59.3 Å². The molecule has 3 N–H and O–H groups in total. The first-order valence-corrected chi connectivity index (χ1v) is 8.11. The molecule has 3 heterocycles. The molecule has 0 radical (unpaired) electrons. The largest absolute Gasteiger partial charge is 0.490 e. The van der Waals surface area contributed by atoms with Gasteiger partial charge in [-0.15, -0.1) is 0 Å². The van der Waals surface area contributed by atoms with Gasteiger partial charge in [0.2, 0.25) is 5.69 Å². The van der Waals surface area contributed by atoms with Gasteiger partial charge in [0.25, 0.3) is 0 Å². The molecule has 0 fully saturated rings. The first-order chi connectivity index (χ1) is 12.6. The fourth-order valence-electron chi connectivity index (χ4n) is 2.23. The minimum atomic E-state index is 0.431.